The number of hydrogen-bond acceptors (Lipinski definition) is 2. The second-order valence-corrected chi connectivity index (χ2v) is 6.21. The molecule has 1 aliphatic carbocycles. The molecule has 20 heavy (non-hydrogen) atoms. The summed E-state index contributed by atoms with van der Waals surface area (Å²) < 4.78 is 0. The molecular weight excluding hydrogens is 246 g/mol. The Labute approximate surface area is 120 Å². The van der Waals surface area contributed by atoms with E-state index in [0.29, 0.717) is 0 Å². The maximum Gasteiger partial charge on any atom is 0.114 e. The lowest BCUT2D eigenvalue weighted by Crippen LogP contribution is -2.24. The fourth-order valence-electron chi connectivity index (χ4n) is 2.96. The Balaban J connectivity index is 1.97. The molecule has 2 N–H and O–H groups in total. The van der Waals surface area contributed by atoms with Crippen molar-refractivity contribution in [2.24, 2.45) is 0 Å². The van der Waals surface area contributed by atoms with Gasteiger partial charge in [0.1, 0.15) is 5.82 Å². The SMILES string of the molecule is CNCC1(c2ncc(-c3cc(C)c(C)cc3C)[nH]2)CC1. The van der Waals surface area contributed by atoms with Gasteiger partial charge in [0, 0.05) is 17.5 Å². The van der Waals surface area contributed by atoms with Gasteiger partial charge in [-0.3, -0.25) is 0 Å². The fraction of sp³-hybridized carbons (Fsp3) is 0.471. The van der Waals surface area contributed by atoms with Crippen LogP contribution in [0.1, 0.15) is 35.4 Å². The quantitative estimate of drug-likeness (QED) is 0.894. The van der Waals surface area contributed by atoms with Gasteiger partial charge in [0.15, 0.2) is 0 Å². The number of H-pyrrole nitrogens is 1. The minimum atomic E-state index is 0.251. The van der Waals surface area contributed by atoms with Crippen LogP contribution in [0.5, 0.6) is 0 Å². The Kier molecular flexibility index (Phi) is 3.17. The van der Waals surface area contributed by atoms with Crippen molar-refractivity contribution in [1.82, 2.24) is 15.3 Å². The third-order valence-electron chi connectivity index (χ3n) is 4.58. The van der Waals surface area contributed by atoms with Crippen LogP contribution >= 0.6 is 0 Å². The van der Waals surface area contributed by atoms with E-state index in [-0.39, 0.29) is 5.41 Å². The molecule has 106 valence electrons. The maximum absolute atomic E-state index is 4.64. The molecule has 0 radical (unpaired) electrons. The third-order valence-corrected chi connectivity index (χ3v) is 4.58. The number of aromatic nitrogens is 2. The predicted octanol–water partition coefficient (Wildman–Crippen LogP) is 3.25. The molecule has 1 aromatic heterocycles. The second kappa shape index (κ2) is 4.74. The van der Waals surface area contributed by atoms with Gasteiger partial charge < -0.3 is 10.3 Å². The van der Waals surface area contributed by atoms with Crippen LogP contribution in [-0.4, -0.2) is 23.6 Å². The molecule has 1 heterocycles. The number of imidazole rings is 1. The summed E-state index contributed by atoms with van der Waals surface area (Å²) in [6.45, 7) is 7.50. The van der Waals surface area contributed by atoms with E-state index in [1.54, 1.807) is 0 Å². The molecule has 0 unspecified atom stereocenters. The van der Waals surface area contributed by atoms with E-state index < -0.39 is 0 Å². The average Bonchev–Trinajstić information content (AvgIpc) is 3.02. The van der Waals surface area contributed by atoms with Crippen LogP contribution in [0.2, 0.25) is 0 Å². The third kappa shape index (κ3) is 2.16. The van der Waals surface area contributed by atoms with Crippen LogP contribution in [0.3, 0.4) is 0 Å². The van der Waals surface area contributed by atoms with Gasteiger partial charge in [-0.25, -0.2) is 4.98 Å². The van der Waals surface area contributed by atoms with Crippen molar-refractivity contribution in [3.8, 4) is 11.3 Å². The average molecular weight is 269 g/mol. The summed E-state index contributed by atoms with van der Waals surface area (Å²) in [5.74, 6) is 1.14. The van der Waals surface area contributed by atoms with E-state index in [9.17, 15) is 0 Å². The fourth-order valence-corrected chi connectivity index (χ4v) is 2.96. The molecule has 0 atom stereocenters. The normalized spacial score (nSPS) is 16.4. The van der Waals surface area contributed by atoms with Crippen LogP contribution in [0.4, 0.5) is 0 Å². The van der Waals surface area contributed by atoms with Crippen LogP contribution < -0.4 is 5.32 Å². The first kappa shape index (κ1) is 13.4. The monoisotopic (exact) mass is 269 g/mol. The molecule has 0 aliphatic heterocycles. The maximum atomic E-state index is 4.64. The molecule has 0 saturated heterocycles. The van der Waals surface area contributed by atoms with Crippen LogP contribution in [0.25, 0.3) is 11.3 Å². The smallest absolute Gasteiger partial charge is 0.114 e. The van der Waals surface area contributed by atoms with Crippen molar-refractivity contribution in [3.63, 3.8) is 0 Å². The highest BCUT2D eigenvalue weighted by Crippen LogP contribution is 2.46. The topological polar surface area (TPSA) is 40.7 Å². The molecule has 3 rings (SSSR count). The Morgan fingerprint density at radius 3 is 2.50 bits per heavy atom. The minimum Gasteiger partial charge on any atom is -0.341 e. The van der Waals surface area contributed by atoms with Crippen molar-refractivity contribution in [1.29, 1.82) is 0 Å². The van der Waals surface area contributed by atoms with Gasteiger partial charge in [-0.15, -0.1) is 0 Å². The lowest BCUT2D eigenvalue weighted by molar-refractivity contribution is 0.594. The van der Waals surface area contributed by atoms with Gasteiger partial charge in [-0.05, 0) is 63.4 Å². The first-order chi connectivity index (χ1) is 9.55. The first-order valence-corrected chi connectivity index (χ1v) is 7.34. The highest BCUT2D eigenvalue weighted by Gasteiger charge is 2.46. The molecule has 1 saturated carbocycles. The summed E-state index contributed by atoms with van der Waals surface area (Å²) in [5, 5.41) is 3.29. The van der Waals surface area contributed by atoms with Crippen molar-refractivity contribution < 1.29 is 0 Å². The van der Waals surface area contributed by atoms with E-state index in [1.807, 2.05) is 13.2 Å². The lowest BCUT2D eigenvalue weighted by Gasteiger charge is -2.11. The predicted molar refractivity (Wildman–Crippen MR) is 83.1 cm³/mol. The van der Waals surface area contributed by atoms with Crippen molar-refractivity contribution in [2.75, 3.05) is 13.6 Å². The summed E-state index contributed by atoms with van der Waals surface area (Å²) in [6.07, 6.45) is 4.45. The lowest BCUT2D eigenvalue weighted by atomic mass is 9.99. The standard InChI is InChI=1S/C17H23N3/c1-11-7-13(3)14(8-12(11)2)15-9-19-16(20-15)17(5-6-17)10-18-4/h7-9,18H,5-6,10H2,1-4H3,(H,19,20). The van der Waals surface area contributed by atoms with Gasteiger partial charge in [0.2, 0.25) is 0 Å². The largest absolute Gasteiger partial charge is 0.341 e. The number of rotatable bonds is 4. The molecule has 1 fully saturated rings. The zero-order chi connectivity index (χ0) is 14.3. The van der Waals surface area contributed by atoms with E-state index >= 15 is 0 Å². The molecule has 1 aromatic carbocycles. The Morgan fingerprint density at radius 2 is 1.85 bits per heavy atom. The zero-order valence-corrected chi connectivity index (χ0v) is 12.8. The molecular formula is C17H23N3. The van der Waals surface area contributed by atoms with Crippen molar-refractivity contribution >= 4 is 0 Å². The highest BCUT2D eigenvalue weighted by atomic mass is 15.0. The molecule has 3 nitrogen and oxygen atoms in total. The van der Waals surface area contributed by atoms with E-state index in [4.69, 9.17) is 0 Å². The number of benzene rings is 1. The number of nitrogens with one attached hydrogen (secondary N) is 2. The molecule has 2 aromatic rings. The van der Waals surface area contributed by atoms with E-state index in [0.717, 1.165) is 18.1 Å². The summed E-state index contributed by atoms with van der Waals surface area (Å²) in [7, 11) is 2.01. The summed E-state index contributed by atoms with van der Waals surface area (Å²) in [5.41, 5.74) is 6.65. The van der Waals surface area contributed by atoms with Crippen molar-refractivity contribution in [3.05, 3.63) is 40.8 Å². The van der Waals surface area contributed by atoms with Crippen molar-refractivity contribution in [2.45, 2.75) is 39.0 Å². The summed E-state index contributed by atoms with van der Waals surface area (Å²) >= 11 is 0. The molecule has 3 heteroatoms. The summed E-state index contributed by atoms with van der Waals surface area (Å²) in [6, 6.07) is 4.52. The second-order valence-electron chi connectivity index (χ2n) is 6.21. The van der Waals surface area contributed by atoms with Gasteiger partial charge in [0.05, 0.1) is 11.9 Å². The minimum absolute atomic E-state index is 0.251. The molecule has 0 bridgehead atoms. The van der Waals surface area contributed by atoms with Crippen LogP contribution in [-0.2, 0) is 5.41 Å². The van der Waals surface area contributed by atoms with Crippen LogP contribution in [0.15, 0.2) is 18.3 Å². The molecule has 1 aliphatic rings. The number of aryl methyl sites for hydroxylation is 3. The van der Waals surface area contributed by atoms with E-state index in [2.05, 4.69) is 48.2 Å². The molecule has 0 amide bonds. The van der Waals surface area contributed by atoms with Gasteiger partial charge in [0.25, 0.3) is 0 Å². The summed E-state index contributed by atoms with van der Waals surface area (Å²) in [4.78, 5) is 8.20. The molecule has 0 spiro atoms. The van der Waals surface area contributed by atoms with E-state index in [1.165, 1.54) is 35.1 Å². The Morgan fingerprint density at radius 1 is 1.15 bits per heavy atom. The number of nitrogens with zero attached hydrogens (tertiary/aromatic N) is 1. The van der Waals surface area contributed by atoms with Gasteiger partial charge in [-0.1, -0.05) is 6.07 Å². The Hall–Kier alpha value is -1.61. The number of hydrogen-bond donors (Lipinski definition) is 2. The highest BCUT2D eigenvalue weighted by molar-refractivity contribution is 5.65. The van der Waals surface area contributed by atoms with Gasteiger partial charge in [-0.2, -0.15) is 0 Å². The zero-order valence-electron chi connectivity index (χ0n) is 12.8. The number of aromatic amines is 1. The van der Waals surface area contributed by atoms with Gasteiger partial charge >= 0.3 is 0 Å². The first-order valence-electron chi connectivity index (χ1n) is 7.34. The number of likely N-dealkylation sites (N-methyl/N-ethyl adjacent to an activating group) is 1. The van der Waals surface area contributed by atoms with Crippen LogP contribution in [0, 0.1) is 20.8 Å². The Bertz CT molecular complexity index is 636.